The average Bonchev–Trinajstić information content (AvgIpc) is 2.26. The maximum Gasteiger partial charge on any atom is 0.337 e. The van der Waals surface area contributed by atoms with Crippen molar-refractivity contribution in [3.05, 3.63) is 37.8 Å². The van der Waals surface area contributed by atoms with E-state index in [2.05, 4.69) is 36.6 Å². The molecule has 0 heterocycles. The Bertz CT molecular complexity index is 447. The monoisotopic (exact) mass is 351 g/mol. The Hall–Kier alpha value is -0.950. The van der Waals surface area contributed by atoms with Crippen LogP contribution in [0.3, 0.4) is 0 Å². The predicted octanol–water partition coefficient (Wildman–Crippen LogP) is 3.04. The lowest BCUT2D eigenvalue weighted by molar-refractivity contribution is -0.386. The normalized spacial score (nSPS) is 9.94. The lowest BCUT2D eigenvalue weighted by Gasteiger charge is -2.05. The Labute approximate surface area is 108 Å². The molecular formula is C9H7Br2NO4. The topological polar surface area (TPSA) is 69.4 Å². The van der Waals surface area contributed by atoms with Crippen LogP contribution in [0.15, 0.2) is 16.6 Å². The van der Waals surface area contributed by atoms with Crippen molar-refractivity contribution in [3.8, 4) is 0 Å². The summed E-state index contributed by atoms with van der Waals surface area (Å²) in [7, 11) is 1.26. The fourth-order valence-corrected chi connectivity index (χ4v) is 2.27. The first-order valence-electron chi connectivity index (χ1n) is 4.12. The van der Waals surface area contributed by atoms with Gasteiger partial charge in [0.25, 0.3) is 5.69 Å². The smallest absolute Gasteiger partial charge is 0.337 e. The minimum absolute atomic E-state index is 0.0514. The molecule has 0 bridgehead atoms. The van der Waals surface area contributed by atoms with E-state index >= 15 is 0 Å². The highest BCUT2D eigenvalue weighted by Gasteiger charge is 2.21. The van der Waals surface area contributed by atoms with Crippen LogP contribution in [-0.2, 0) is 10.1 Å². The van der Waals surface area contributed by atoms with Crippen LogP contribution < -0.4 is 0 Å². The number of alkyl halides is 1. The fourth-order valence-electron chi connectivity index (χ4n) is 1.20. The number of halogens is 2. The minimum Gasteiger partial charge on any atom is -0.465 e. The molecule has 1 aromatic carbocycles. The maximum atomic E-state index is 11.3. The highest BCUT2D eigenvalue weighted by molar-refractivity contribution is 9.10. The molecular weight excluding hydrogens is 346 g/mol. The van der Waals surface area contributed by atoms with Crippen molar-refractivity contribution in [2.24, 2.45) is 0 Å². The molecule has 0 spiro atoms. The summed E-state index contributed by atoms with van der Waals surface area (Å²) in [6.07, 6.45) is 0. The van der Waals surface area contributed by atoms with Crippen LogP contribution in [0, 0.1) is 10.1 Å². The molecule has 16 heavy (non-hydrogen) atoms. The van der Waals surface area contributed by atoms with E-state index in [0.29, 0.717) is 5.56 Å². The number of nitrogens with zero attached hydrogens (tertiary/aromatic N) is 1. The van der Waals surface area contributed by atoms with Gasteiger partial charge in [-0.1, -0.05) is 15.9 Å². The molecule has 7 heteroatoms. The van der Waals surface area contributed by atoms with Gasteiger partial charge in [0.05, 0.1) is 22.1 Å². The third-order valence-corrected chi connectivity index (χ3v) is 3.10. The first-order chi connectivity index (χ1) is 7.51. The van der Waals surface area contributed by atoms with Crippen molar-refractivity contribution in [2.45, 2.75) is 5.33 Å². The third-order valence-electron chi connectivity index (χ3n) is 1.89. The van der Waals surface area contributed by atoms with Crippen molar-refractivity contribution in [3.63, 3.8) is 0 Å². The Morgan fingerprint density at radius 3 is 2.62 bits per heavy atom. The number of ether oxygens (including phenoxy) is 1. The molecule has 0 unspecified atom stereocenters. The van der Waals surface area contributed by atoms with Gasteiger partial charge in [-0.15, -0.1) is 0 Å². The Balaban J connectivity index is 3.37. The number of hydrogen-bond donors (Lipinski definition) is 0. The van der Waals surface area contributed by atoms with E-state index in [0.717, 1.165) is 0 Å². The van der Waals surface area contributed by atoms with Gasteiger partial charge >= 0.3 is 5.97 Å². The zero-order chi connectivity index (χ0) is 12.3. The number of carbonyl (C=O) groups excluding carboxylic acids is 1. The van der Waals surface area contributed by atoms with Crippen molar-refractivity contribution >= 4 is 43.5 Å². The second kappa shape index (κ2) is 5.40. The quantitative estimate of drug-likeness (QED) is 0.363. The molecule has 5 nitrogen and oxygen atoms in total. The van der Waals surface area contributed by atoms with Crippen LogP contribution in [0.2, 0.25) is 0 Å². The summed E-state index contributed by atoms with van der Waals surface area (Å²) in [5.74, 6) is -0.530. The molecule has 1 aromatic rings. The van der Waals surface area contributed by atoms with Gasteiger partial charge < -0.3 is 4.74 Å². The van der Waals surface area contributed by atoms with E-state index in [-0.39, 0.29) is 21.1 Å². The summed E-state index contributed by atoms with van der Waals surface area (Å²) in [5, 5.41) is 11.1. The number of hydrogen-bond acceptors (Lipinski definition) is 4. The van der Waals surface area contributed by atoms with Crippen molar-refractivity contribution < 1.29 is 14.5 Å². The summed E-state index contributed by atoms with van der Waals surface area (Å²) in [6.45, 7) is 0. The van der Waals surface area contributed by atoms with E-state index in [1.807, 2.05) is 0 Å². The molecule has 0 aliphatic heterocycles. The molecule has 86 valence electrons. The van der Waals surface area contributed by atoms with Crippen LogP contribution in [0.1, 0.15) is 15.9 Å². The Kier molecular flexibility index (Phi) is 4.43. The lowest BCUT2D eigenvalue weighted by atomic mass is 10.1. The third kappa shape index (κ3) is 2.59. The summed E-state index contributed by atoms with van der Waals surface area (Å²) in [5.41, 5.74) is 0.638. The molecule has 0 fully saturated rings. The van der Waals surface area contributed by atoms with Gasteiger partial charge in [0.2, 0.25) is 0 Å². The zero-order valence-electron chi connectivity index (χ0n) is 8.20. The molecule has 0 atom stereocenters. The Morgan fingerprint density at radius 1 is 1.56 bits per heavy atom. The number of benzene rings is 1. The van der Waals surface area contributed by atoms with E-state index in [4.69, 9.17) is 0 Å². The fraction of sp³-hybridized carbons (Fsp3) is 0.222. The number of rotatable bonds is 3. The average molecular weight is 353 g/mol. The van der Waals surface area contributed by atoms with E-state index in [1.165, 1.54) is 19.2 Å². The van der Waals surface area contributed by atoms with Crippen LogP contribution in [0.4, 0.5) is 5.69 Å². The summed E-state index contributed by atoms with van der Waals surface area (Å²) < 4.78 is 4.81. The summed E-state index contributed by atoms with van der Waals surface area (Å²) in [4.78, 5) is 21.6. The highest BCUT2D eigenvalue weighted by Crippen LogP contribution is 2.32. The van der Waals surface area contributed by atoms with Gasteiger partial charge in [-0.2, -0.15) is 0 Å². The van der Waals surface area contributed by atoms with Crippen molar-refractivity contribution in [1.82, 2.24) is 0 Å². The first-order valence-corrected chi connectivity index (χ1v) is 6.03. The Morgan fingerprint density at radius 2 is 2.19 bits per heavy atom. The number of methoxy groups -OCH3 is 1. The SMILES string of the molecule is COC(=O)c1cc(Br)c([N+](=O)[O-])c(CBr)c1. The number of nitro groups is 1. The largest absolute Gasteiger partial charge is 0.465 e. The number of nitro benzene ring substituents is 1. The predicted molar refractivity (Wildman–Crippen MR) is 64.8 cm³/mol. The lowest BCUT2D eigenvalue weighted by Crippen LogP contribution is -2.04. The standard InChI is InChI=1S/C9H7Br2NO4/c1-16-9(13)5-2-6(4-10)8(12(14)15)7(11)3-5/h2-3H,4H2,1H3. The first kappa shape index (κ1) is 13.1. The van der Waals surface area contributed by atoms with Gasteiger partial charge in [0.1, 0.15) is 0 Å². The highest BCUT2D eigenvalue weighted by atomic mass is 79.9. The van der Waals surface area contributed by atoms with Crippen molar-refractivity contribution in [2.75, 3.05) is 7.11 Å². The molecule has 0 amide bonds. The van der Waals surface area contributed by atoms with Crippen LogP contribution in [-0.4, -0.2) is 18.0 Å². The van der Waals surface area contributed by atoms with Gasteiger partial charge in [0, 0.05) is 10.9 Å². The molecule has 1 rings (SSSR count). The molecule has 0 radical (unpaired) electrons. The van der Waals surface area contributed by atoms with Crippen molar-refractivity contribution in [1.29, 1.82) is 0 Å². The number of esters is 1. The second-order valence-electron chi connectivity index (χ2n) is 2.85. The summed E-state index contributed by atoms with van der Waals surface area (Å²) in [6, 6.07) is 2.81. The van der Waals surface area contributed by atoms with E-state index < -0.39 is 10.9 Å². The van der Waals surface area contributed by atoms with Gasteiger partial charge in [-0.3, -0.25) is 10.1 Å². The van der Waals surface area contributed by atoms with Crippen LogP contribution in [0.5, 0.6) is 0 Å². The molecule has 0 aliphatic rings. The van der Waals surface area contributed by atoms with E-state index in [9.17, 15) is 14.9 Å². The maximum absolute atomic E-state index is 11.3. The van der Waals surface area contributed by atoms with Gasteiger partial charge in [0.15, 0.2) is 0 Å². The van der Waals surface area contributed by atoms with Crippen LogP contribution in [0.25, 0.3) is 0 Å². The van der Waals surface area contributed by atoms with Gasteiger partial charge in [-0.25, -0.2) is 4.79 Å². The zero-order valence-corrected chi connectivity index (χ0v) is 11.4. The molecule has 0 aromatic heterocycles. The van der Waals surface area contributed by atoms with Crippen LogP contribution >= 0.6 is 31.9 Å². The second-order valence-corrected chi connectivity index (χ2v) is 4.26. The number of carbonyl (C=O) groups is 1. The molecule has 0 aliphatic carbocycles. The molecule has 0 N–H and O–H groups in total. The van der Waals surface area contributed by atoms with E-state index in [1.54, 1.807) is 0 Å². The minimum atomic E-state index is -0.530. The molecule has 0 saturated carbocycles. The van der Waals surface area contributed by atoms with Gasteiger partial charge in [-0.05, 0) is 28.1 Å². The summed E-state index contributed by atoms with van der Waals surface area (Å²) >= 11 is 6.21. The molecule has 0 saturated heterocycles.